The van der Waals surface area contributed by atoms with Crippen LogP contribution in [0.15, 0.2) is 30.3 Å². The topological polar surface area (TPSA) is 47.3 Å². The molecule has 0 aliphatic carbocycles. The Bertz CT molecular complexity index is 290. The van der Waals surface area contributed by atoms with Crippen molar-refractivity contribution in [2.24, 2.45) is 5.84 Å². The summed E-state index contributed by atoms with van der Waals surface area (Å²) in [5.74, 6) is 5.55. The predicted molar refractivity (Wildman–Crippen MR) is 71.6 cm³/mol. The Morgan fingerprint density at radius 3 is 2.59 bits per heavy atom. The van der Waals surface area contributed by atoms with Crippen molar-refractivity contribution in [3.63, 3.8) is 0 Å². The maximum absolute atomic E-state index is 5.56. The molecule has 0 aliphatic rings. The van der Waals surface area contributed by atoms with Gasteiger partial charge in [-0.05, 0) is 38.7 Å². The molecule has 3 heteroatoms. The Balaban J connectivity index is 2.28. The van der Waals surface area contributed by atoms with Crippen LogP contribution in [0.1, 0.15) is 32.3 Å². The van der Waals surface area contributed by atoms with Crippen molar-refractivity contribution < 1.29 is 4.74 Å². The Morgan fingerprint density at radius 1 is 1.29 bits per heavy atom. The molecule has 0 saturated heterocycles. The van der Waals surface area contributed by atoms with Crippen LogP contribution >= 0.6 is 0 Å². The van der Waals surface area contributed by atoms with Gasteiger partial charge in [0.05, 0.1) is 6.10 Å². The number of aryl methyl sites for hydroxylation is 1. The van der Waals surface area contributed by atoms with Crippen molar-refractivity contribution in [1.82, 2.24) is 5.43 Å². The molecule has 3 N–H and O–H groups in total. The smallest absolute Gasteiger partial charge is 0.0713 e. The summed E-state index contributed by atoms with van der Waals surface area (Å²) >= 11 is 0. The van der Waals surface area contributed by atoms with Crippen molar-refractivity contribution >= 4 is 0 Å². The van der Waals surface area contributed by atoms with Crippen molar-refractivity contribution in [1.29, 1.82) is 0 Å². The number of rotatable bonds is 8. The van der Waals surface area contributed by atoms with Gasteiger partial charge >= 0.3 is 0 Å². The van der Waals surface area contributed by atoms with Crippen molar-refractivity contribution in [3.05, 3.63) is 35.9 Å². The third kappa shape index (κ3) is 5.31. The van der Waals surface area contributed by atoms with E-state index < -0.39 is 0 Å². The maximum atomic E-state index is 5.56. The van der Waals surface area contributed by atoms with E-state index in [1.54, 1.807) is 0 Å². The van der Waals surface area contributed by atoms with Crippen LogP contribution in [0.4, 0.5) is 0 Å². The lowest BCUT2D eigenvalue weighted by atomic mass is 10.0. The Kier molecular flexibility index (Phi) is 6.86. The first kappa shape index (κ1) is 14.2. The second-order valence-electron chi connectivity index (χ2n) is 4.31. The van der Waals surface area contributed by atoms with E-state index in [0.29, 0.717) is 0 Å². The lowest BCUT2D eigenvalue weighted by Gasteiger charge is -2.23. The van der Waals surface area contributed by atoms with Crippen LogP contribution < -0.4 is 11.3 Å². The third-order valence-corrected chi connectivity index (χ3v) is 3.03. The minimum atomic E-state index is 0.167. The first-order chi connectivity index (χ1) is 8.27. The lowest BCUT2D eigenvalue weighted by Crippen LogP contribution is -2.43. The highest BCUT2D eigenvalue weighted by Gasteiger charge is 2.15. The van der Waals surface area contributed by atoms with Gasteiger partial charge in [0, 0.05) is 12.6 Å². The Morgan fingerprint density at radius 2 is 2.00 bits per heavy atom. The lowest BCUT2D eigenvalue weighted by molar-refractivity contribution is 0.0447. The zero-order valence-electron chi connectivity index (χ0n) is 10.9. The first-order valence-electron chi connectivity index (χ1n) is 6.39. The van der Waals surface area contributed by atoms with E-state index in [1.807, 2.05) is 13.0 Å². The Labute approximate surface area is 104 Å². The molecule has 96 valence electrons. The zero-order chi connectivity index (χ0) is 12.5. The summed E-state index contributed by atoms with van der Waals surface area (Å²) in [6.07, 6.45) is 3.42. The monoisotopic (exact) mass is 236 g/mol. The molecule has 1 aromatic carbocycles. The normalized spacial score (nSPS) is 14.5. The summed E-state index contributed by atoms with van der Waals surface area (Å²) in [5.41, 5.74) is 4.23. The number of benzene rings is 1. The number of hydrazine groups is 1. The molecular formula is C14H24N2O. The SMILES string of the molecule is CCOC(C)C(CCCc1ccccc1)NN. The van der Waals surface area contributed by atoms with Gasteiger partial charge in [0.15, 0.2) is 0 Å². The van der Waals surface area contributed by atoms with Gasteiger partial charge in [-0.25, -0.2) is 0 Å². The number of nitrogens with one attached hydrogen (secondary N) is 1. The van der Waals surface area contributed by atoms with Crippen LogP contribution in [-0.2, 0) is 11.2 Å². The average molecular weight is 236 g/mol. The van der Waals surface area contributed by atoms with Crippen LogP contribution in [0.25, 0.3) is 0 Å². The highest BCUT2D eigenvalue weighted by molar-refractivity contribution is 5.14. The molecule has 0 heterocycles. The highest BCUT2D eigenvalue weighted by Crippen LogP contribution is 2.09. The van der Waals surface area contributed by atoms with Gasteiger partial charge in [-0.15, -0.1) is 0 Å². The molecule has 1 rings (SSSR count). The standard InChI is InChI=1S/C14H24N2O/c1-3-17-12(2)14(16-15)11-7-10-13-8-5-4-6-9-13/h4-6,8-9,12,14,16H,3,7,10-11,15H2,1-2H3. The molecule has 1 aromatic rings. The van der Waals surface area contributed by atoms with E-state index in [1.165, 1.54) is 5.56 Å². The fourth-order valence-electron chi connectivity index (χ4n) is 2.00. The van der Waals surface area contributed by atoms with Gasteiger partial charge in [-0.2, -0.15) is 0 Å². The first-order valence-corrected chi connectivity index (χ1v) is 6.39. The van der Waals surface area contributed by atoms with E-state index in [0.717, 1.165) is 25.9 Å². The van der Waals surface area contributed by atoms with Crippen LogP contribution in [0.2, 0.25) is 0 Å². The van der Waals surface area contributed by atoms with Gasteiger partial charge in [-0.3, -0.25) is 11.3 Å². The fourth-order valence-corrected chi connectivity index (χ4v) is 2.00. The van der Waals surface area contributed by atoms with E-state index in [-0.39, 0.29) is 12.1 Å². The molecule has 3 nitrogen and oxygen atoms in total. The summed E-state index contributed by atoms with van der Waals surface area (Å²) in [6.45, 7) is 4.81. The van der Waals surface area contributed by atoms with E-state index in [4.69, 9.17) is 10.6 Å². The molecule has 0 radical (unpaired) electrons. The largest absolute Gasteiger partial charge is 0.377 e. The van der Waals surface area contributed by atoms with Gasteiger partial charge < -0.3 is 4.74 Å². The van der Waals surface area contributed by atoms with Crippen LogP contribution in [-0.4, -0.2) is 18.8 Å². The fraction of sp³-hybridized carbons (Fsp3) is 0.571. The van der Waals surface area contributed by atoms with E-state index in [9.17, 15) is 0 Å². The molecule has 0 aliphatic heterocycles. The summed E-state index contributed by atoms with van der Waals surface area (Å²) in [6, 6.07) is 10.8. The second kappa shape index (κ2) is 8.23. The molecule has 0 saturated carbocycles. The number of nitrogens with two attached hydrogens (primary N) is 1. The molecule has 0 spiro atoms. The van der Waals surface area contributed by atoms with Crippen LogP contribution in [0.5, 0.6) is 0 Å². The van der Waals surface area contributed by atoms with Crippen LogP contribution in [0.3, 0.4) is 0 Å². The van der Waals surface area contributed by atoms with Gasteiger partial charge in [0.25, 0.3) is 0 Å². The molecule has 0 fully saturated rings. The molecule has 0 aromatic heterocycles. The quantitative estimate of drug-likeness (QED) is 0.537. The third-order valence-electron chi connectivity index (χ3n) is 3.03. The van der Waals surface area contributed by atoms with E-state index >= 15 is 0 Å². The Hall–Kier alpha value is -0.900. The highest BCUT2D eigenvalue weighted by atomic mass is 16.5. The number of ether oxygens (including phenoxy) is 1. The molecule has 17 heavy (non-hydrogen) atoms. The van der Waals surface area contributed by atoms with Crippen molar-refractivity contribution in [2.45, 2.75) is 45.3 Å². The molecule has 2 unspecified atom stereocenters. The predicted octanol–water partition coefficient (Wildman–Crippen LogP) is 2.27. The minimum absolute atomic E-state index is 0.167. The summed E-state index contributed by atoms with van der Waals surface area (Å²) in [7, 11) is 0. The zero-order valence-corrected chi connectivity index (χ0v) is 10.9. The molecule has 2 atom stereocenters. The van der Waals surface area contributed by atoms with Crippen molar-refractivity contribution in [2.75, 3.05) is 6.61 Å². The number of hydrogen-bond donors (Lipinski definition) is 2. The summed E-state index contributed by atoms with van der Waals surface area (Å²) in [5, 5.41) is 0. The summed E-state index contributed by atoms with van der Waals surface area (Å²) < 4.78 is 5.56. The van der Waals surface area contributed by atoms with Gasteiger partial charge in [0.1, 0.15) is 0 Å². The van der Waals surface area contributed by atoms with Gasteiger partial charge in [0.2, 0.25) is 0 Å². The second-order valence-corrected chi connectivity index (χ2v) is 4.31. The maximum Gasteiger partial charge on any atom is 0.0713 e. The number of hydrogen-bond acceptors (Lipinski definition) is 3. The molecule has 0 bridgehead atoms. The van der Waals surface area contributed by atoms with E-state index in [2.05, 4.69) is 36.6 Å². The minimum Gasteiger partial charge on any atom is -0.377 e. The summed E-state index contributed by atoms with van der Waals surface area (Å²) in [4.78, 5) is 0. The van der Waals surface area contributed by atoms with Gasteiger partial charge in [-0.1, -0.05) is 30.3 Å². The molecular weight excluding hydrogens is 212 g/mol. The molecule has 0 amide bonds. The van der Waals surface area contributed by atoms with Crippen molar-refractivity contribution in [3.8, 4) is 0 Å². The average Bonchev–Trinajstić information content (AvgIpc) is 2.36. The van der Waals surface area contributed by atoms with Crippen LogP contribution in [0, 0.1) is 0 Å².